The van der Waals surface area contributed by atoms with Crippen LogP contribution in [0.5, 0.6) is 0 Å². The van der Waals surface area contributed by atoms with Crippen LogP contribution in [0.15, 0.2) is 18.2 Å². The average Bonchev–Trinajstić information content (AvgIpc) is 3.41. The lowest BCUT2D eigenvalue weighted by Crippen LogP contribution is -2.55. The van der Waals surface area contributed by atoms with Crippen molar-refractivity contribution in [2.45, 2.75) is 50.6 Å². The van der Waals surface area contributed by atoms with Crippen LogP contribution in [-0.4, -0.2) is 71.3 Å². The summed E-state index contributed by atoms with van der Waals surface area (Å²) in [4.78, 5) is 32.4. The van der Waals surface area contributed by atoms with Gasteiger partial charge in [0, 0.05) is 43.8 Å². The molecule has 2 aliphatic heterocycles. The summed E-state index contributed by atoms with van der Waals surface area (Å²) in [7, 11) is 0. The number of hydrogen-bond donors (Lipinski definition) is 0. The highest BCUT2D eigenvalue weighted by Crippen LogP contribution is 2.28. The highest BCUT2D eigenvalue weighted by molar-refractivity contribution is 6.35. The van der Waals surface area contributed by atoms with E-state index in [1.54, 1.807) is 23.1 Å². The summed E-state index contributed by atoms with van der Waals surface area (Å²) in [6.45, 7) is 3.98. The molecular weight excluding hydrogens is 397 g/mol. The van der Waals surface area contributed by atoms with Crippen molar-refractivity contribution in [1.82, 2.24) is 14.7 Å². The summed E-state index contributed by atoms with van der Waals surface area (Å²) in [6, 6.07) is 5.20. The number of hydrogen-bond acceptors (Lipinski definition) is 3. The number of rotatable bonds is 3. The smallest absolute Gasteiger partial charge is 0.256 e. The second-order valence-corrected chi connectivity index (χ2v) is 8.92. The number of piperazine rings is 1. The maximum Gasteiger partial charge on any atom is 0.256 e. The van der Waals surface area contributed by atoms with Crippen LogP contribution >= 0.6 is 23.2 Å². The zero-order valence-electron chi connectivity index (χ0n) is 16.1. The summed E-state index contributed by atoms with van der Waals surface area (Å²) in [5.74, 6) is -0.122. The van der Waals surface area contributed by atoms with Gasteiger partial charge in [0.2, 0.25) is 5.91 Å². The molecule has 1 unspecified atom stereocenters. The van der Waals surface area contributed by atoms with Gasteiger partial charge in [-0.1, -0.05) is 36.0 Å². The number of carbonyl (C=O) groups excluding carboxylic acids is 2. The first kappa shape index (κ1) is 20.0. The van der Waals surface area contributed by atoms with Crippen molar-refractivity contribution in [3.8, 4) is 0 Å². The fourth-order valence-corrected chi connectivity index (χ4v) is 5.24. The van der Waals surface area contributed by atoms with Crippen molar-refractivity contribution in [2.75, 3.05) is 32.7 Å². The molecule has 5 nitrogen and oxygen atoms in total. The summed E-state index contributed by atoms with van der Waals surface area (Å²) in [6.07, 6.45) is 6.79. The summed E-state index contributed by atoms with van der Waals surface area (Å²) in [5.41, 5.74) is 0.375. The average molecular weight is 424 g/mol. The van der Waals surface area contributed by atoms with Crippen LogP contribution in [0.3, 0.4) is 0 Å². The Morgan fingerprint density at radius 1 is 0.893 bits per heavy atom. The van der Waals surface area contributed by atoms with E-state index in [-0.39, 0.29) is 17.9 Å². The molecule has 0 aromatic heterocycles. The Morgan fingerprint density at radius 3 is 2.32 bits per heavy atom. The van der Waals surface area contributed by atoms with Gasteiger partial charge in [0.1, 0.15) is 6.04 Å². The lowest BCUT2D eigenvalue weighted by atomic mass is 10.1. The molecule has 152 valence electrons. The maximum atomic E-state index is 13.2. The van der Waals surface area contributed by atoms with Crippen molar-refractivity contribution >= 4 is 35.0 Å². The van der Waals surface area contributed by atoms with Crippen LogP contribution in [0.25, 0.3) is 0 Å². The predicted octanol–water partition coefficient (Wildman–Crippen LogP) is 3.68. The second-order valence-electron chi connectivity index (χ2n) is 8.08. The Labute approximate surface area is 176 Å². The molecule has 3 aliphatic rings. The molecule has 2 heterocycles. The molecule has 1 saturated carbocycles. The van der Waals surface area contributed by atoms with Gasteiger partial charge in [0.05, 0.1) is 10.6 Å². The summed E-state index contributed by atoms with van der Waals surface area (Å²) in [5, 5.41) is 0.843. The molecule has 7 heteroatoms. The summed E-state index contributed by atoms with van der Waals surface area (Å²) < 4.78 is 0. The number of halogens is 2. The fourth-order valence-electron chi connectivity index (χ4n) is 4.87. The van der Waals surface area contributed by atoms with E-state index in [0.29, 0.717) is 34.6 Å². The minimum Gasteiger partial charge on any atom is -0.338 e. The SMILES string of the molecule is O=C(C1CCCN1C(=O)c1cc(Cl)ccc1Cl)N1CCN(C2CCCC2)CC1. The van der Waals surface area contributed by atoms with Gasteiger partial charge in [-0.15, -0.1) is 0 Å². The number of amides is 2. The van der Waals surface area contributed by atoms with Gasteiger partial charge in [0.25, 0.3) is 5.91 Å². The molecule has 28 heavy (non-hydrogen) atoms. The number of carbonyl (C=O) groups is 2. The molecule has 2 saturated heterocycles. The van der Waals surface area contributed by atoms with Crippen LogP contribution in [0, 0.1) is 0 Å². The fraction of sp³-hybridized carbons (Fsp3) is 0.619. The third-order valence-corrected chi connectivity index (χ3v) is 6.99. The van der Waals surface area contributed by atoms with Crippen molar-refractivity contribution in [2.24, 2.45) is 0 Å². The Morgan fingerprint density at radius 2 is 1.61 bits per heavy atom. The van der Waals surface area contributed by atoms with Crippen LogP contribution < -0.4 is 0 Å². The van der Waals surface area contributed by atoms with E-state index in [1.165, 1.54) is 25.7 Å². The van der Waals surface area contributed by atoms with Gasteiger partial charge in [0.15, 0.2) is 0 Å². The lowest BCUT2D eigenvalue weighted by molar-refractivity contribution is -0.137. The lowest BCUT2D eigenvalue weighted by Gasteiger charge is -2.39. The number of nitrogens with zero attached hydrogens (tertiary/aromatic N) is 3. The molecule has 1 aliphatic carbocycles. The zero-order valence-corrected chi connectivity index (χ0v) is 17.6. The minimum atomic E-state index is -0.388. The van der Waals surface area contributed by atoms with Gasteiger partial charge in [-0.3, -0.25) is 14.5 Å². The van der Waals surface area contributed by atoms with Gasteiger partial charge in [-0.25, -0.2) is 0 Å². The van der Waals surface area contributed by atoms with E-state index >= 15 is 0 Å². The largest absolute Gasteiger partial charge is 0.338 e. The topological polar surface area (TPSA) is 43.9 Å². The van der Waals surface area contributed by atoms with Gasteiger partial charge >= 0.3 is 0 Å². The first-order chi connectivity index (χ1) is 13.5. The first-order valence-corrected chi connectivity index (χ1v) is 11.1. The molecule has 3 fully saturated rings. The van der Waals surface area contributed by atoms with E-state index in [9.17, 15) is 9.59 Å². The van der Waals surface area contributed by atoms with Crippen molar-refractivity contribution in [3.05, 3.63) is 33.8 Å². The normalized spacial score (nSPS) is 24.1. The Balaban J connectivity index is 1.41. The predicted molar refractivity (Wildman–Crippen MR) is 111 cm³/mol. The van der Waals surface area contributed by atoms with Crippen LogP contribution in [0.1, 0.15) is 48.9 Å². The second kappa shape index (κ2) is 8.60. The highest BCUT2D eigenvalue weighted by Gasteiger charge is 2.38. The van der Waals surface area contributed by atoms with Crippen LogP contribution in [0.2, 0.25) is 10.0 Å². The van der Waals surface area contributed by atoms with Crippen molar-refractivity contribution in [1.29, 1.82) is 0 Å². The quantitative estimate of drug-likeness (QED) is 0.744. The Hall–Kier alpha value is -1.30. The monoisotopic (exact) mass is 423 g/mol. The van der Waals surface area contributed by atoms with Crippen LogP contribution in [0.4, 0.5) is 0 Å². The number of benzene rings is 1. The van der Waals surface area contributed by atoms with Crippen molar-refractivity contribution in [3.63, 3.8) is 0 Å². The van der Waals surface area contributed by atoms with E-state index in [1.807, 2.05) is 4.90 Å². The van der Waals surface area contributed by atoms with E-state index in [0.717, 1.165) is 32.6 Å². The third kappa shape index (κ3) is 4.03. The maximum absolute atomic E-state index is 13.2. The molecule has 1 aromatic carbocycles. The minimum absolute atomic E-state index is 0.0788. The molecule has 0 spiro atoms. The first-order valence-electron chi connectivity index (χ1n) is 10.3. The molecule has 2 amide bonds. The van der Waals surface area contributed by atoms with Crippen LogP contribution in [-0.2, 0) is 4.79 Å². The molecule has 4 rings (SSSR count). The standard InChI is InChI=1S/C21H27Cl2N3O2/c22-15-7-8-18(23)17(14-15)20(27)26-9-3-6-19(26)21(28)25-12-10-24(11-13-25)16-4-1-2-5-16/h7-8,14,16,19H,1-6,9-13H2. The molecule has 0 N–H and O–H groups in total. The third-order valence-electron chi connectivity index (χ3n) is 6.42. The van der Waals surface area contributed by atoms with E-state index in [2.05, 4.69) is 4.90 Å². The molecular formula is C21H27Cl2N3O2. The Kier molecular flexibility index (Phi) is 6.14. The summed E-state index contributed by atoms with van der Waals surface area (Å²) >= 11 is 12.3. The number of likely N-dealkylation sites (tertiary alicyclic amines) is 1. The molecule has 0 radical (unpaired) electrons. The van der Waals surface area contributed by atoms with E-state index in [4.69, 9.17) is 23.2 Å². The Bertz CT molecular complexity index is 743. The van der Waals surface area contributed by atoms with Gasteiger partial charge in [-0.2, -0.15) is 0 Å². The van der Waals surface area contributed by atoms with Gasteiger partial charge < -0.3 is 9.80 Å². The molecule has 1 aromatic rings. The van der Waals surface area contributed by atoms with Gasteiger partial charge in [-0.05, 0) is 43.9 Å². The highest BCUT2D eigenvalue weighted by atomic mass is 35.5. The molecule has 1 atom stereocenters. The zero-order chi connectivity index (χ0) is 19.7. The van der Waals surface area contributed by atoms with Crippen molar-refractivity contribution < 1.29 is 9.59 Å². The molecule has 0 bridgehead atoms. The van der Waals surface area contributed by atoms with E-state index < -0.39 is 0 Å².